The van der Waals surface area contributed by atoms with Crippen molar-refractivity contribution < 1.29 is 14.3 Å². The Labute approximate surface area is 185 Å². The minimum Gasteiger partial charge on any atom is -0.462 e. The van der Waals surface area contributed by atoms with Gasteiger partial charge in [0.1, 0.15) is 18.1 Å². The van der Waals surface area contributed by atoms with Crippen LogP contribution in [0.4, 0.5) is 0 Å². The molecule has 2 aromatic carbocycles. The highest BCUT2D eigenvalue weighted by Gasteiger charge is 2.47. The van der Waals surface area contributed by atoms with Gasteiger partial charge in [0.05, 0.1) is 0 Å². The van der Waals surface area contributed by atoms with E-state index in [1.807, 2.05) is 53.6 Å². The highest BCUT2D eigenvalue weighted by molar-refractivity contribution is 5.95. The number of hydrogen-bond acceptors (Lipinski definition) is 6. The van der Waals surface area contributed by atoms with Crippen LogP contribution in [-0.4, -0.2) is 41.5 Å². The molecule has 4 heterocycles. The van der Waals surface area contributed by atoms with Gasteiger partial charge in [0.25, 0.3) is 11.9 Å². The van der Waals surface area contributed by atoms with Crippen molar-refractivity contribution in [2.75, 3.05) is 19.7 Å². The van der Waals surface area contributed by atoms with Crippen LogP contribution in [0.15, 0.2) is 65.9 Å². The summed E-state index contributed by atoms with van der Waals surface area (Å²) in [6.45, 7) is 1.84. The van der Waals surface area contributed by atoms with Crippen molar-refractivity contribution in [3.8, 4) is 22.6 Å². The highest BCUT2D eigenvalue weighted by atomic mass is 16.5. The molecule has 3 aliphatic rings. The Hall–Kier alpha value is -3.87. The first kappa shape index (κ1) is 18.9. The van der Waals surface area contributed by atoms with E-state index in [0.29, 0.717) is 17.1 Å². The predicted molar refractivity (Wildman–Crippen MR) is 120 cm³/mol. The Morgan fingerprint density at radius 3 is 2.50 bits per heavy atom. The minimum atomic E-state index is -0.869. The van der Waals surface area contributed by atoms with Crippen molar-refractivity contribution in [1.29, 1.82) is 0 Å². The molecule has 0 bridgehead atoms. The van der Waals surface area contributed by atoms with Gasteiger partial charge in [-0.15, -0.1) is 0 Å². The first-order valence-electron chi connectivity index (χ1n) is 10.8. The number of hydrogen-bond donors (Lipinski definition) is 1. The van der Waals surface area contributed by atoms with Crippen molar-refractivity contribution in [3.63, 3.8) is 0 Å². The number of benzene rings is 2. The first-order valence-corrected chi connectivity index (χ1v) is 10.8. The molecule has 7 heteroatoms. The van der Waals surface area contributed by atoms with Crippen molar-refractivity contribution in [1.82, 2.24) is 9.88 Å². The Bertz CT molecular complexity index is 1250. The van der Waals surface area contributed by atoms with Crippen LogP contribution in [0.2, 0.25) is 0 Å². The lowest BCUT2D eigenvalue weighted by Gasteiger charge is -2.34. The van der Waals surface area contributed by atoms with Gasteiger partial charge >= 0.3 is 0 Å². The second-order valence-electron chi connectivity index (χ2n) is 8.36. The third-order valence-corrected chi connectivity index (χ3v) is 6.44. The average Bonchev–Trinajstić information content (AvgIpc) is 3.50. The number of ether oxygens (including phenoxy) is 2. The van der Waals surface area contributed by atoms with Crippen LogP contribution < -0.4 is 10.5 Å². The Kier molecular flexibility index (Phi) is 4.18. The summed E-state index contributed by atoms with van der Waals surface area (Å²) in [5.41, 5.74) is 9.39. The van der Waals surface area contributed by atoms with Crippen LogP contribution in [0.25, 0.3) is 11.1 Å². The molecule has 1 fully saturated rings. The van der Waals surface area contributed by atoms with E-state index in [4.69, 9.17) is 20.2 Å². The summed E-state index contributed by atoms with van der Waals surface area (Å²) in [6, 6.07) is 15.6. The maximum absolute atomic E-state index is 13.1. The lowest BCUT2D eigenvalue weighted by Crippen LogP contribution is -2.32. The van der Waals surface area contributed by atoms with E-state index < -0.39 is 5.54 Å². The van der Waals surface area contributed by atoms with E-state index >= 15 is 0 Å². The first-order chi connectivity index (χ1) is 15.6. The second kappa shape index (κ2) is 7.09. The van der Waals surface area contributed by atoms with Crippen molar-refractivity contribution >= 4 is 11.9 Å². The maximum Gasteiger partial charge on any atom is 0.283 e. The number of rotatable bonds is 2. The van der Waals surface area contributed by atoms with Gasteiger partial charge in [0, 0.05) is 47.7 Å². The fourth-order valence-corrected chi connectivity index (χ4v) is 4.80. The van der Waals surface area contributed by atoms with Crippen LogP contribution in [0.1, 0.15) is 34.3 Å². The van der Waals surface area contributed by atoms with Crippen molar-refractivity contribution in [3.05, 3.63) is 77.6 Å². The topological polar surface area (TPSA) is 90.0 Å². The molecular formula is C25H22N4O3. The molecule has 0 saturated carbocycles. The molecule has 0 aliphatic carbocycles. The number of aromatic nitrogens is 1. The van der Waals surface area contributed by atoms with Crippen LogP contribution in [0.3, 0.4) is 0 Å². The number of amides is 1. The molecule has 0 radical (unpaired) electrons. The molecule has 1 aromatic heterocycles. The molecule has 1 amide bonds. The van der Waals surface area contributed by atoms with Gasteiger partial charge in [-0.3, -0.25) is 9.78 Å². The summed E-state index contributed by atoms with van der Waals surface area (Å²) in [5.74, 6) is 1.39. The fourth-order valence-electron chi connectivity index (χ4n) is 4.80. The summed E-state index contributed by atoms with van der Waals surface area (Å²) in [7, 11) is 0. The quantitative estimate of drug-likeness (QED) is 0.675. The van der Waals surface area contributed by atoms with Gasteiger partial charge in [-0.2, -0.15) is 0 Å². The van der Waals surface area contributed by atoms with E-state index in [9.17, 15) is 4.79 Å². The Morgan fingerprint density at radius 1 is 1.00 bits per heavy atom. The van der Waals surface area contributed by atoms with Gasteiger partial charge in [-0.05, 0) is 54.8 Å². The summed E-state index contributed by atoms with van der Waals surface area (Å²) < 4.78 is 11.9. The third kappa shape index (κ3) is 2.85. The zero-order valence-electron chi connectivity index (χ0n) is 17.5. The van der Waals surface area contributed by atoms with Gasteiger partial charge < -0.3 is 20.1 Å². The largest absolute Gasteiger partial charge is 0.462 e. The Morgan fingerprint density at radius 2 is 1.78 bits per heavy atom. The summed E-state index contributed by atoms with van der Waals surface area (Å²) in [4.78, 5) is 23.9. The lowest BCUT2D eigenvalue weighted by molar-refractivity contribution is 0.0792. The molecule has 6 rings (SSSR count). The molecule has 2 N–H and O–H groups in total. The Balaban J connectivity index is 1.50. The molecule has 0 unspecified atom stereocenters. The number of nitrogens with zero attached hydrogens (tertiary/aromatic N) is 3. The van der Waals surface area contributed by atoms with E-state index in [2.05, 4.69) is 11.1 Å². The van der Waals surface area contributed by atoms with E-state index in [1.165, 1.54) is 0 Å². The number of likely N-dealkylation sites (tertiary alicyclic amines) is 1. The number of carbonyl (C=O) groups is 1. The van der Waals surface area contributed by atoms with Crippen LogP contribution in [0, 0.1) is 0 Å². The minimum absolute atomic E-state index is 0.0335. The molecule has 3 aliphatic heterocycles. The number of aliphatic imine (C=N–C) groups is 1. The zero-order chi connectivity index (χ0) is 21.7. The zero-order valence-corrected chi connectivity index (χ0v) is 17.5. The fraction of sp³-hybridized carbons (Fsp3) is 0.240. The molecule has 7 nitrogen and oxygen atoms in total. The van der Waals surface area contributed by atoms with Crippen LogP contribution in [-0.2, 0) is 10.3 Å². The van der Waals surface area contributed by atoms with Gasteiger partial charge in [0.15, 0.2) is 5.54 Å². The average molecular weight is 426 g/mol. The second-order valence-corrected chi connectivity index (χ2v) is 8.36. The normalized spacial score (nSPS) is 20.9. The molecule has 1 atom stereocenters. The van der Waals surface area contributed by atoms with Crippen molar-refractivity contribution in [2.45, 2.75) is 18.4 Å². The number of fused-ring (bicyclic) bond motifs is 4. The van der Waals surface area contributed by atoms with Crippen molar-refractivity contribution in [2.24, 2.45) is 10.7 Å². The van der Waals surface area contributed by atoms with E-state index in [-0.39, 0.29) is 18.5 Å². The summed E-state index contributed by atoms with van der Waals surface area (Å²) in [5, 5.41) is 0. The monoisotopic (exact) mass is 426 g/mol. The SMILES string of the molecule is NC1=N[C@]2(CO1)c1cc(C(=O)N3CCCC3)ccc1Oc1ccc(-c3cccnc3)cc12. The van der Waals surface area contributed by atoms with Gasteiger partial charge in [-0.1, -0.05) is 12.1 Å². The number of nitrogens with two attached hydrogens (primary N) is 1. The summed E-state index contributed by atoms with van der Waals surface area (Å²) in [6.07, 6.45) is 5.66. The van der Waals surface area contributed by atoms with E-state index in [1.54, 1.807) is 6.20 Å². The highest BCUT2D eigenvalue weighted by Crippen LogP contribution is 2.51. The summed E-state index contributed by atoms with van der Waals surface area (Å²) >= 11 is 0. The van der Waals surface area contributed by atoms with Gasteiger partial charge in [-0.25, -0.2) is 4.99 Å². The molecule has 160 valence electrons. The predicted octanol–water partition coefficient (Wildman–Crippen LogP) is 3.68. The molecule has 1 saturated heterocycles. The van der Waals surface area contributed by atoms with E-state index in [0.717, 1.165) is 48.2 Å². The molecule has 1 spiro atoms. The number of amidine groups is 1. The van der Waals surface area contributed by atoms with Gasteiger partial charge in [0.2, 0.25) is 0 Å². The molecule has 32 heavy (non-hydrogen) atoms. The maximum atomic E-state index is 13.1. The van der Waals surface area contributed by atoms with Crippen LogP contribution >= 0.6 is 0 Å². The van der Waals surface area contributed by atoms with Crippen LogP contribution in [0.5, 0.6) is 11.5 Å². The lowest BCUT2D eigenvalue weighted by atomic mass is 9.80. The number of carbonyl (C=O) groups excluding carboxylic acids is 1. The molecule has 3 aromatic rings. The standard InChI is InChI=1S/C25H22N4O3/c26-24-28-25(15-31-24)19-12-16(18-4-3-9-27-14-18)5-7-21(19)32-22-8-6-17(13-20(22)25)23(30)29-10-1-2-11-29/h3-9,12-14H,1-2,10-11,15H2,(H2,26,28)/t25-/m0/s1. The third-order valence-electron chi connectivity index (χ3n) is 6.44. The number of pyridine rings is 1. The molecular weight excluding hydrogens is 404 g/mol. The smallest absolute Gasteiger partial charge is 0.283 e.